The molecule has 0 aliphatic heterocycles. The molecule has 0 amide bonds. The summed E-state index contributed by atoms with van der Waals surface area (Å²) < 4.78 is 6.78. The van der Waals surface area contributed by atoms with Crippen LogP contribution < -0.4 is 0 Å². The Balaban J connectivity index is 0.786. The summed E-state index contributed by atoms with van der Waals surface area (Å²) in [6.45, 7) is 0. The van der Waals surface area contributed by atoms with Crippen molar-refractivity contribution >= 4 is 97.3 Å². The van der Waals surface area contributed by atoms with Crippen molar-refractivity contribution in [2.45, 2.75) is 0 Å². The molecule has 16 rings (SSSR count). The van der Waals surface area contributed by atoms with E-state index in [2.05, 4.69) is 255 Å². The van der Waals surface area contributed by atoms with Gasteiger partial charge in [-0.2, -0.15) is 0 Å². The summed E-state index contributed by atoms with van der Waals surface area (Å²) in [5, 5.41) is 20.1. The highest BCUT2D eigenvalue weighted by atomic mass is 16.3. The maximum absolute atomic E-state index is 6.78. The van der Waals surface area contributed by atoms with Crippen molar-refractivity contribution in [2.24, 2.45) is 0 Å². The normalized spacial score (nSPS) is 12.1. The maximum Gasteiger partial charge on any atom is 0.143 e. The molecular formula is C72H42O. The Morgan fingerprint density at radius 2 is 0.548 bits per heavy atom. The van der Waals surface area contributed by atoms with Gasteiger partial charge in [-0.3, -0.25) is 0 Å². The van der Waals surface area contributed by atoms with Gasteiger partial charge in [0.15, 0.2) is 0 Å². The van der Waals surface area contributed by atoms with E-state index in [9.17, 15) is 0 Å². The second kappa shape index (κ2) is 15.5. The van der Waals surface area contributed by atoms with E-state index in [0.29, 0.717) is 0 Å². The fourth-order valence-corrected chi connectivity index (χ4v) is 12.5. The first-order chi connectivity index (χ1) is 36.2. The molecule has 0 bridgehead atoms. The van der Waals surface area contributed by atoms with Crippen LogP contribution in [0.15, 0.2) is 259 Å². The number of para-hydroxylation sites is 1. The quantitative estimate of drug-likeness (QED) is 0.152. The highest BCUT2D eigenvalue weighted by Gasteiger charge is 2.20. The molecule has 0 unspecified atom stereocenters. The van der Waals surface area contributed by atoms with Crippen molar-refractivity contribution in [3.05, 3.63) is 255 Å². The van der Waals surface area contributed by atoms with Crippen molar-refractivity contribution < 1.29 is 4.42 Å². The van der Waals surface area contributed by atoms with Crippen LogP contribution in [0.5, 0.6) is 0 Å². The zero-order chi connectivity index (χ0) is 47.7. The lowest BCUT2D eigenvalue weighted by Crippen LogP contribution is -1.90. The molecule has 1 nitrogen and oxygen atoms in total. The molecule has 0 atom stereocenters. The minimum Gasteiger partial charge on any atom is -0.455 e. The molecule has 15 aromatic carbocycles. The second-order valence-electron chi connectivity index (χ2n) is 19.8. The van der Waals surface area contributed by atoms with E-state index in [1.807, 2.05) is 0 Å². The maximum atomic E-state index is 6.78. The minimum atomic E-state index is 0.898. The second-order valence-corrected chi connectivity index (χ2v) is 19.8. The van der Waals surface area contributed by atoms with Crippen molar-refractivity contribution in [2.75, 3.05) is 0 Å². The van der Waals surface area contributed by atoms with Gasteiger partial charge in [-0.1, -0.05) is 231 Å². The summed E-state index contributed by atoms with van der Waals surface area (Å²) in [5.41, 5.74) is 16.4. The summed E-state index contributed by atoms with van der Waals surface area (Å²) >= 11 is 0. The van der Waals surface area contributed by atoms with Crippen LogP contribution in [0.4, 0.5) is 0 Å². The predicted molar refractivity (Wildman–Crippen MR) is 311 cm³/mol. The first kappa shape index (κ1) is 40.2. The predicted octanol–water partition coefficient (Wildman–Crippen LogP) is 20.5. The van der Waals surface area contributed by atoms with E-state index in [1.165, 1.54) is 126 Å². The van der Waals surface area contributed by atoms with Gasteiger partial charge in [-0.15, -0.1) is 0 Å². The Kier molecular flexibility index (Phi) is 8.52. The minimum absolute atomic E-state index is 0.898. The van der Waals surface area contributed by atoms with Crippen LogP contribution in [-0.4, -0.2) is 0 Å². The SMILES string of the molecule is c1ccc(-c2ccc3ccc4c(-c5ccc(-c6ccc7c(c6)cc(-c6ccc(-c8ccc9ccc%10c(-c%11ccccc%11)ccc%11ccc8c9c%11%10)cc6)c6c8ccccc8oc76)cc5)ccc5ccc2c3c54)cc1. The summed E-state index contributed by atoms with van der Waals surface area (Å²) in [6.07, 6.45) is 0. The molecule has 1 heteroatoms. The van der Waals surface area contributed by atoms with E-state index >= 15 is 0 Å². The van der Waals surface area contributed by atoms with Gasteiger partial charge in [0.05, 0.1) is 0 Å². The first-order valence-corrected chi connectivity index (χ1v) is 25.3. The Hall–Kier alpha value is -9.56. The Labute approximate surface area is 421 Å². The fourth-order valence-electron chi connectivity index (χ4n) is 12.5. The Morgan fingerprint density at radius 3 is 1.01 bits per heavy atom. The number of fused-ring (bicyclic) bond motifs is 5. The van der Waals surface area contributed by atoms with Crippen LogP contribution in [0, 0.1) is 0 Å². The van der Waals surface area contributed by atoms with Gasteiger partial charge in [0.25, 0.3) is 0 Å². The van der Waals surface area contributed by atoms with Gasteiger partial charge >= 0.3 is 0 Å². The van der Waals surface area contributed by atoms with Crippen LogP contribution >= 0.6 is 0 Å². The fraction of sp³-hybridized carbons (Fsp3) is 0. The van der Waals surface area contributed by atoms with E-state index in [4.69, 9.17) is 4.42 Å². The number of hydrogen-bond acceptors (Lipinski definition) is 1. The molecule has 0 saturated heterocycles. The van der Waals surface area contributed by atoms with Gasteiger partial charge in [-0.05, 0) is 161 Å². The van der Waals surface area contributed by atoms with Crippen LogP contribution in [0.2, 0.25) is 0 Å². The average molecular weight is 923 g/mol. The molecule has 0 saturated carbocycles. The van der Waals surface area contributed by atoms with Crippen molar-refractivity contribution in [3.63, 3.8) is 0 Å². The summed E-state index contributed by atoms with van der Waals surface area (Å²) in [5.74, 6) is 0. The smallest absolute Gasteiger partial charge is 0.143 e. The van der Waals surface area contributed by atoms with Gasteiger partial charge in [-0.25, -0.2) is 0 Å². The van der Waals surface area contributed by atoms with Crippen LogP contribution in [0.3, 0.4) is 0 Å². The zero-order valence-electron chi connectivity index (χ0n) is 39.7. The third-order valence-corrected chi connectivity index (χ3v) is 16.0. The molecule has 1 aromatic heterocycles. The van der Waals surface area contributed by atoms with E-state index in [-0.39, 0.29) is 0 Å². The van der Waals surface area contributed by atoms with E-state index in [1.54, 1.807) is 0 Å². The largest absolute Gasteiger partial charge is 0.455 e. The van der Waals surface area contributed by atoms with Crippen LogP contribution in [0.1, 0.15) is 0 Å². The molecular weight excluding hydrogens is 881 g/mol. The topological polar surface area (TPSA) is 13.1 Å². The van der Waals surface area contributed by atoms with Gasteiger partial charge in [0.2, 0.25) is 0 Å². The standard InChI is InChI=1S/C72H42O/c1-3-9-44(10-4-1)55-32-23-49-29-39-62-57(34-25-51-27-37-60(55)67(49)69(51)62)46-17-15-43(16-18-46)53-31-36-59-54(41-53)42-65(71-64-13-7-8-14-66(64)73-72(59)71)48-21-19-47(20-22-48)58-35-26-52-28-38-61-56(45-11-5-2-6-12-45)33-24-50-30-40-63(58)70(52)68(50)61/h1-42H. The molecule has 336 valence electrons. The van der Waals surface area contributed by atoms with Crippen molar-refractivity contribution in [1.29, 1.82) is 0 Å². The van der Waals surface area contributed by atoms with Gasteiger partial charge < -0.3 is 4.42 Å². The van der Waals surface area contributed by atoms with Crippen molar-refractivity contribution in [3.8, 4) is 66.8 Å². The zero-order valence-corrected chi connectivity index (χ0v) is 39.7. The molecule has 1 heterocycles. The van der Waals surface area contributed by atoms with Crippen LogP contribution in [0.25, 0.3) is 164 Å². The lowest BCUT2D eigenvalue weighted by atomic mass is 9.87. The highest BCUT2D eigenvalue weighted by molar-refractivity contribution is 6.29. The monoisotopic (exact) mass is 922 g/mol. The summed E-state index contributed by atoms with van der Waals surface area (Å²) in [7, 11) is 0. The third-order valence-electron chi connectivity index (χ3n) is 16.0. The molecule has 0 fully saturated rings. The highest BCUT2D eigenvalue weighted by Crippen LogP contribution is 2.47. The Bertz CT molecular complexity index is 4850. The van der Waals surface area contributed by atoms with E-state index in [0.717, 1.165) is 38.3 Å². The summed E-state index contributed by atoms with van der Waals surface area (Å²) in [4.78, 5) is 0. The number of rotatable bonds is 6. The lowest BCUT2D eigenvalue weighted by molar-refractivity contribution is 0.673. The molecule has 0 spiro atoms. The number of hydrogen-bond donors (Lipinski definition) is 0. The number of benzene rings is 15. The Morgan fingerprint density at radius 1 is 0.192 bits per heavy atom. The molecule has 0 aliphatic rings. The van der Waals surface area contributed by atoms with Crippen molar-refractivity contribution in [1.82, 2.24) is 0 Å². The van der Waals surface area contributed by atoms with E-state index < -0.39 is 0 Å². The molecule has 16 aromatic rings. The first-order valence-electron chi connectivity index (χ1n) is 25.3. The molecule has 0 N–H and O–H groups in total. The molecule has 73 heavy (non-hydrogen) atoms. The molecule has 0 aliphatic carbocycles. The average Bonchev–Trinajstić information content (AvgIpc) is 3.86. The molecule has 0 radical (unpaired) electrons. The lowest BCUT2D eigenvalue weighted by Gasteiger charge is -2.17. The third kappa shape index (κ3) is 6.03. The summed E-state index contributed by atoms with van der Waals surface area (Å²) in [6, 6.07) is 94.2. The number of furan rings is 1. The van der Waals surface area contributed by atoms with Crippen LogP contribution in [-0.2, 0) is 0 Å². The van der Waals surface area contributed by atoms with Gasteiger partial charge in [0, 0.05) is 16.2 Å². The van der Waals surface area contributed by atoms with Gasteiger partial charge in [0.1, 0.15) is 11.2 Å².